The number of hydrogen-bond donors (Lipinski definition) is 0. The summed E-state index contributed by atoms with van der Waals surface area (Å²) in [4.78, 5) is 69.8. The number of nitrogens with zero attached hydrogens (tertiary/aromatic N) is 5. The summed E-state index contributed by atoms with van der Waals surface area (Å²) in [6.07, 6.45) is 4.05. The molecule has 0 heterocycles. The summed E-state index contributed by atoms with van der Waals surface area (Å²) >= 11 is 0. The van der Waals surface area contributed by atoms with Crippen molar-refractivity contribution in [3.63, 3.8) is 0 Å². The van der Waals surface area contributed by atoms with Gasteiger partial charge in [-0.2, -0.15) is 0 Å². The second kappa shape index (κ2) is 39.5. The predicted molar refractivity (Wildman–Crippen MR) is 335 cm³/mol. The van der Waals surface area contributed by atoms with Crippen molar-refractivity contribution in [1.29, 1.82) is 0 Å². The van der Waals surface area contributed by atoms with Crippen LogP contribution in [0.4, 0.5) is 8.78 Å². The summed E-state index contributed by atoms with van der Waals surface area (Å²) in [6, 6.07) is 35.0. The molecule has 0 atom stereocenters. The van der Waals surface area contributed by atoms with Crippen LogP contribution in [0.2, 0.25) is 0 Å². The Labute approximate surface area is 491 Å². The van der Waals surface area contributed by atoms with E-state index in [0.717, 1.165) is 23.1 Å². The molecule has 12 heteroatoms. The lowest BCUT2D eigenvalue weighted by molar-refractivity contribution is -0.136. The highest BCUT2D eigenvalue weighted by Crippen LogP contribution is 2.16. The molecule has 0 bridgehead atoms. The zero-order valence-corrected chi connectivity index (χ0v) is 54.2. The zero-order chi connectivity index (χ0) is 62.3. The van der Waals surface area contributed by atoms with Gasteiger partial charge in [-0.3, -0.25) is 24.0 Å². The van der Waals surface area contributed by atoms with Crippen molar-refractivity contribution in [3.8, 4) is 0 Å². The zero-order valence-electron chi connectivity index (χ0n) is 54.2. The van der Waals surface area contributed by atoms with Gasteiger partial charge in [0.25, 0.3) is 0 Å². The van der Waals surface area contributed by atoms with Crippen LogP contribution in [0.25, 0.3) is 0 Å². The highest BCUT2D eigenvalue weighted by molar-refractivity contribution is 5.80. The first-order chi connectivity index (χ1) is 37.7. The molecule has 0 saturated heterocycles. The number of hydrogen-bond acceptors (Lipinski definition) is 5. The minimum Gasteiger partial charge on any atom is -0.338 e. The first kappa shape index (κ1) is 75.1. The van der Waals surface area contributed by atoms with Crippen molar-refractivity contribution in [3.05, 3.63) is 143 Å². The van der Waals surface area contributed by atoms with Gasteiger partial charge in [0.05, 0.1) is 12.8 Å². The van der Waals surface area contributed by atoms with Crippen LogP contribution in [0.3, 0.4) is 0 Å². The average molecular weight is 1130 g/mol. The van der Waals surface area contributed by atoms with Crippen molar-refractivity contribution >= 4 is 29.5 Å². The Kier molecular flexibility index (Phi) is 36.6. The third-order valence-electron chi connectivity index (χ3n) is 13.1. The SMILES string of the molecule is CC(C)CC(=O)N(C(C)C)C(C)C.CC(C)N(C(=O)CCc1ccc(F)cc1)C(C)C.CC(C)N(C(=O)CCc1ccccc1)C(C)C.CC(C)N(C(=O)Cc1ccc(F)cc1)C(C)C.CC(C)N(C(=O)Cc1ccccc1)C(C)C. The molecule has 4 aromatic rings. The molecule has 0 N–H and O–H groups in total. The smallest absolute Gasteiger partial charge is 0.227 e. The third-order valence-corrected chi connectivity index (χ3v) is 13.1. The molecule has 454 valence electrons. The molecule has 0 aliphatic heterocycles. The lowest BCUT2D eigenvalue weighted by atomic mass is 10.1. The van der Waals surface area contributed by atoms with Crippen LogP contribution >= 0.6 is 0 Å². The first-order valence-corrected chi connectivity index (χ1v) is 29.9. The number of aryl methyl sites for hydroxylation is 2. The normalized spacial score (nSPS) is 11.0. The van der Waals surface area contributed by atoms with Crippen LogP contribution in [0.15, 0.2) is 109 Å². The van der Waals surface area contributed by atoms with Crippen LogP contribution in [-0.4, -0.2) is 114 Å². The summed E-state index contributed by atoms with van der Waals surface area (Å²) in [6.45, 7) is 45.0. The molecular formula is C69H109F2N5O5. The molecule has 0 radical (unpaired) electrons. The van der Waals surface area contributed by atoms with E-state index in [1.165, 1.54) is 29.8 Å². The van der Waals surface area contributed by atoms with Gasteiger partial charge in [0.15, 0.2) is 0 Å². The van der Waals surface area contributed by atoms with Gasteiger partial charge >= 0.3 is 0 Å². The van der Waals surface area contributed by atoms with E-state index in [1.807, 2.05) is 128 Å². The molecule has 4 aromatic carbocycles. The van der Waals surface area contributed by atoms with Gasteiger partial charge in [-0.15, -0.1) is 0 Å². The Morgan fingerprint density at radius 2 is 0.519 bits per heavy atom. The van der Waals surface area contributed by atoms with E-state index in [0.29, 0.717) is 56.5 Å². The monoisotopic (exact) mass is 1130 g/mol. The lowest BCUT2D eigenvalue weighted by Crippen LogP contribution is -2.42. The molecule has 81 heavy (non-hydrogen) atoms. The summed E-state index contributed by atoms with van der Waals surface area (Å²) < 4.78 is 25.5. The van der Waals surface area contributed by atoms with Crippen molar-refractivity contribution in [1.82, 2.24) is 24.5 Å². The Bertz CT molecular complexity index is 2310. The number of carbonyl (C=O) groups excluding carboxylic acids is 5. The highest BCUT2D eigenvalue weighted by Gasteiger charge is 2.24. The molecule has 0 fully saturated rings. The third kappa shape index (κ3) is 30.6. The van der Waals surface area contributed by atoms with E-state index in [2.05, 4.69) is 109 Å². The molecule has 0 aliphatic carbocycles. The number of amides is 5. The average Bonchev–Trinajstić information content (AvgIpc) is 3.34. The molecule has 4 rings (SSSR count). The number of carbonyl (C=O) groups is 5. The Balaban J connectivity index is 0.000000992. The van der Waals surface area contributed by atoms with Crippen molar-refractivity contribution in [2.24, 2.45) is 5.92 Å². The number of benzene rings is 4. The van der Waals surface area contributed by atoms with Crippen LogP contribution < -0.4 is 0 Å². The topological polar surface area (TPSA) is 102 Å². The Morgan fingerprint density at radius 1 is 0.296 bits per heavy atom. The quantitative estimate of drug-likeness (QED) is 0.0780. The van der Waals surface area contributed by atoms with Crippen LogP contribution in [-0.2, 0) is 49.7 Å². The molecule has 10 nitrogen and oxygen atoms in total. The molecule has 0 aliphatic rings. The molecule has 0 aromatic heterocycles. The molecule has 0 spiro atoms. The first-order valence-electron chi connectivity index (χ1n) is 29.9. The van der Waals surface area contributed by atoms with Gasteiger partial charge in [-0.05, 0) is 204 Å². The van der Waals surface area contributed by atoms with Crippen LogP contribution in [0, 0.1) is 17.6 Å². The minimum absolute atomic E-state index is 0.0848. The second-order valence-electron chi connectivity index (χ2n) is 24.1. The fraction of sp³-hybridized carbons (Fsp3) is 0.580. The summed E-state index contributed by atoms with van der Waals surface area (Å²) in [5, 5.41) is 0. The van der Waals surface area contributed by atoms with Crippen LogP contribution in [0.5, 0.6) is 0 Å². The maximum Gasteiger partial charge on any atom is 0.227 e. The largest absolute Gasteiger partial charge is 0.338 e. The van der Waals surface area contributed by atoms with Crippen molar-refractivity contribution < 1.29 is 32.8 Å². The second-order valence-corrected chi connectivity index (χ2v) is 24.1. The van der Waals surface area contributed by atoms with E-state index < -0.39 is 0 Å². The van der Waals surface area contributed by atoms with Crippen LogP contribution in [0.1, 0.15) is 194 Å². The van der Waals surface area contributed by atoms with E-state index in [-0.39, 0.29) is 89.5 Å². The van der Waals surface area contributed by atoms with Gasteiger partial charge in [0.1, 0.15) is 11.6 Å². The van der Waals surface area contributed by atoms with Gasteiger partial charge in [-0.1, -0.05) is 98.8 Å². The summed E-state index contributed by atoms with van der Waals surface area (Å²) in [5.74, 6) is 0.912. The van der Waals surface area contributed by atoms with Gasteiger partial charge < -0.3 is 24.5 Å². The summed E-state index contributed by atoms with van der Waals surface area (Å²) in [7, 11) is 0. The molecule has 0 saturated carbocycles. The van der Waals surface area contributed by atoms with Gasteiger partial charge in [0, 0.05) is 79.7 Å². The summed E-state index contributed by atoms with van der Waals surface area (Å²) in [5.41, 5.74) is 4.16. The number of rotatable bonds is 22. The Morgan fingerprint density at radius 3 is 0.790 bits per heavy atom. The van der Waals surface area contributed by atoms with E-state index in [9.17, 15) is 32.8 Å². The number of halogens is 2. The fourth-order valence-corrected chi connectivity index (χ4v) is 10.1. The van der Waals surface area contributed by atoms with Crippen molar-refractivity contribution in [2.45, 2.75) is 258 Å². The maximum absolute atomic E-state index is 12.8. The highest BCUT2D eigenvalue weighted by atomic mass is 19.1. The van der Waals surface area contributed by atoms with E-state index in [4.69, 9.17) is 0 Å². The fourth-order valence-electron chi connectivity index (χ4n) is 10.1. The van der Waals surface area contributed by atoms with Gasteiger partial charge in [-0.25, -0.2) is 8.78 Å². The van der Waals surface area contributed by atoms with Crippen molar-refractivity contribution in [2.75, 3.05) is 0 Å². The maximum atomic E-state index is 12.8. The molecule has 5 amide bonds. The molecule has 0 unspecified atom stereocenters. The standard InChI is InChI=1S/C15H22FNO.C15H23NO.C14H20FNO.C14H21NO.C11H23NO/c1-11(2)17(12(3)4)15(18)10-7-13-5-8-14(16)9-6-13;1-12(2)16(13(3)4)15(17)11-10-14-8-6-5-7-9-14;1-10(2)16(11(3)4)14(17)9-12-5-7-13(15)8-6-12;1-11(2)15(12(3)4)14(16)10-13-8-6-5-7-9-13;1-8(2)7-11(13)12(9(3)4)10(5)6/h5-6,8-9,11-12H,7,10H2,1-4H3;5-9,12-13H,10-11H2,1-4H3;5-8,10-11H,9H2,1-4H3;5-9,11-12H,10H2,1-4H3;8-10H,7H2,1-6H3. The minimum atomic E-state index is -0.272. The van der Waals surface area contributed by atoms with E-state index in [1.54, 1.807) is 24.3 Å². The van der Waals surface area contributed by atoms with Gasteiger partial charge in [0.2, 0.25) is 29.5 Å². The molecular weight excluding hydrogens is 1020 g/mol. The van der Waals surface area contributed by atoms with E-state index >= 15 is 0 Å². The predicted octanol–water partition coefficient (Wildman–Crippen LogP) is 15.2. The Hall–Kier alpha value is -5.91. The lowest BCUT2D eigenvalue weighted by Gasteiger charge is -2.31.